The van der Waals surface area contributed by atoms with Crippen molar-refractivity contribution in [3.05, 3.63) is 0 Å². The Morgan fingerprint density at radius 2 is 1.57 bits per heavy atom. The van der Waals surface area contributed by atoms with Crippen molar-refractivity contribution >= 4 is 0 Å². The molecule has 0 aromatic heterocycles. The van der Waals surface area contributed by atoms with Crippen LogP contribution in [-0.4, -0.2) is 17.7 Å². The molecule has 0 heterocycles. The summed E-state index contributed by atoms with van der Waals surface area (Å²) < 4.78 is 8.00. The molecule has 0 saturated carbocycles. The molecule has 6 heteroatoms. The van der Waals surface area contributed by atoms with Gasteiger partial charge in [-0.3, -0.25) is 0 Å². The number of nitrogens with one attached hydrogen (secondary N) is 1. The number of hydrogen-bond acceptors (Lipinski definition) is 3. The second kappa shape index (κ2) is 74.4. The number of hydrogen-bond donors (Lipinski definition) is 2. The average Bonchev–Trinajstić information content (AvgIpc) is 1.46. The fraction of sp³-hybridized carbons (Fsp3) is 1.00. The Bertz CT molecular complexity index is 16.9. The minimum absolute atomic E-state index is 0. The van der Waals surface area contributed by atoms with E-state index in [4.69, 9.17) is 9.04 Å². The van der Waals surface area contributed by atoms with Crippen molar-refractivity contribution in [1.82, 2.24) is 5.48 Å². The van der Waals surface area contributed by atoms with Crippen LogP contribution >= 0.6 is 0 Å². The standard InChI is InChI=1S/CH5NO.2Fe.H2O.O/c1-2-3;;;;/h2-3H,1H3;;;1H2;. The molecular formula is CH7Fe2NO3. The second-order valence-corrected chi connectivity index (χ2v) is 0.224. The van der Waals surface area contributed by atoms with E-state index in [1.165, 1.54) is 7.05 Å². The Morgan fingerprint density at radius 1 is 1.57 bits per heavy atom. The fourth-order valence-corrected chi connectivity index (χ4v) is 0. The van der Waals surface area contributed by atoms with Crippen molar-refractivity contribution in [2.45, 2.75) is 0 Å². The maximum absolute atomic E-state index is 8.00. The normalized spacial score (nSPS) is 3.29. The van der Waals surface area contributed by atoms with Crippen molar-refractivity contribution < 1.29 is 47.5 Å². The Hall–Kier alpha value is 0.719. The van der Waals surface area contributed by atoms with Crippen LogP contribution < -0.4 is 5.48 Å². The van der Waals surface area contributed by atoms with E-state index >= 15 is 0 Å². The number of rotatable bonds is 0. The molecule has 0 aliphatic rings. The average molecular weight is 193 g/mol. The van der Waals surface area contributed by atoms with Gasteiger partial charge in [-0.05, 0) is 0 Å². The van der Waals surface area contributed by atoms with Crippen LogP contribution in [0.1, 0.15) is 0 Å². The summed E-state index contributed by atoms with van der Waals surface area (Å²) in [4.78, 5) is 0. The SMILES string of the molecule is CNO.O.[Fe].[O]=[Fe]. The predicted molar refractivity (Wildman–Crippen MR) is 15.1 cm³/mol. The van der Waals surface area contributed by atoms with Gasteiger partial charge in [-0.15, -0.1) is 0 Å². The summed E-state index contributed by atoms with van der Waals surface area (Å²) in [5.41, 5.74) is 1.75. The Morgan fingerprint density at radius 3 is 1.57 bits per heavy atom. The Balaban J connectivity index is -0.0000000105. The molecule has 0 atom stereocenters. The van der Waals surface area contributed by atoms with Crippen molar-refractivity contribution in [3.63, 3.8) is 0 Å². The van der Waals surface area contributed by atoms with E-state index in [1.54, 1.807) is 5.48 Å². The fourth-order valence-electron chi connectivity index (χ4n) is 0. The molecule has 0 unspecified atom stereocenters. The summed E-state index contributed by atoms with van der Waals surface area (Å²) in [5, 5.41) is 7.32. The van der Waals surface area contributed by atoms with E-state index in [0.717, 1.165) is 0 Å². The zero-order valence-corrected chi connectivity index (χ0v) is 5.77. The van der Waals surface area contributed by atoms with Crippen LogP contribution in [0.25, 0.3) is 0 Å². The Labute approximate surface area is 60.4 Å². The summed E-state index contributed by atoms with van der Waals surface area (Å²) in [6.45, 7) is 0. The first kappa shape index (κ1) is 25.2. The van der Waals surface area contributed by atoms with E-state index in [1.807, 2.05) is 15.9 Å². The molecular weight excluding hydrogens is 186 g/mol. The van der Waals surface area contributed by atoms with E-state index in [9.17, 15) is 0 Å². The molecule has 0 aromatic rings. The first-order valence-corrected chi connectivity index (χ1v) is 1.32. The minimum atomic E-state index is 0. The van der Waals surface area contributed by atoms with Gasteiger partial charge >= 0.3 is 19.8 Å². The number of hydroxylamine groups is 1. The van der Waals surface area contributed by atoms with Gasteiger partial charge in [0.05, 0.1) is 0 Å². The van der Waals surface area contributed by atoms with Crippen LogP contribution in [0.15, 0.2) is 0 Å². The molecule has 0 aliphatic carbocycles. The van der Waals surface area contributed by atoms with Gasteiger partial charge in [-0.2, -0.15) is 0 Å². The first-order chi connectivity index (χ1) is 2.41. The van der Waals surface area contributed by atoms with Crippen LogP contribution in [0.4, 0.5) is 0 Å². The van der Waals surface area contributed by atoms with E-state index in [-0.39, 0.29) is 22.5 Å². The zero-order valence-electron chi connectivity index (χ0n) is 3.56. The first-order valence-electron chi connectivity index (χ1n) is 0.868. The van der Waals surface area contributed by atoms with Gasteiger partial charge in [0.15, 0.2) is 0 Å². The summed E-state index contributed by atoms with van der Waals surface area (Å²) in [7, 11) is 1.43. The maximum atomic E-state index is 8.00. The Kier molecular flexibility index (Phi) is 268. The molecule has 4 nitrogen and oxygen atoms in total. The molecule has 50 valence electrons. The molecule has 0 saturated heterocycles. The second-order valence-electron chi connectivity index (χ2n) is 0.224. The predicted octanol–water partition coefficient (Wildman–Crippen LogP) is -1.35. The zero-order chi connectivity index (χ0) is 4.71. The molecule has 0 bridgehead atoms. The van der Waals surface area contributed by atoms with Crippen LogP contribution in [0.5, 0.6) is 0 Å². The molecule has 4 N–H and O–H groups in total. The van der Waals surface area contributed by atoms with Crippen molar-refractivity contribution in [2.24, 2.45) is 0 Å². The summed E-state index contributed by atoms with van der Waals surface area (Å²) in [6.07, 6.45) is 0. The third-order valence-electron chi connectivity index (χ3n) is 0. The molecule has 0 rings (SSSR count). The molecule has 0 spiro atoms. The summed E-state index contributed by atoms with van der Waals surface area (Å²) in [5.74, 6) is 0. The van der Waals surface area contributed by atoms with Crippen LogP contribution in [-0.2, 0) is 36.8 Å². The summed E-state index contributed by atoms with van der Waals surface area (Å²) in [6, 6.07) is 0. The van der Waals surface area contributed by atoms with Gasteiger partial charge in [0.2, 0.25) is 0 Å². The van der Waals surface area contributed by atoms with Crippen LogP contribution in [0.2, 0.25) is 0 Å². The monoisotopic (exact) mass is 193 g/mol. The van der Waals surface area contributed by atoms with Gasteiger partial charge in [0.25, 0.3) is 0 Å². The summed E-state index contributed by atoms with van der Waals surface area (Å²) >= 11 is 2.00. The van der Waals surface area contributed by atoms with E-state index < -0.39 is 0 Å². The molecule has 7 heavy (non-hydrogen) atoms. The van der Waals surface area contributed by atoms with Gasteiger partial charge in [-0.1, -0.05) is 0 Å². The third kappa shape index (κ3) is 289. The van der Waals surface area contributed by atoms with E-state index in [0.29, 0.717) is 0 Å². The van der Waals surface area contributed by atoms with Crippen LogP contribution in [0.3, 0.4) is 0 Å². The van der Waals surface area contributed by atoms with E-state index in [2.05, 4.69) is 0 Å². The van der Waals surface area contributed by atoms with Crippen molar-refractivity contribution in [1.29, 1.82) is 0 Å². The van der Waals surface area contributed by atoms with Gasteiger partial charge in [0, 0.05) is 24.1 Å². The topological polar surface area (TPSA) is 80.8 Å². The molecule has 0 aromatic carbocycles. The van der Waals surface area contributed by atoms with Crippen LogP contribution in [0, 0.1) is 0 Å². The van der Waals surface area contributed by atoms with Gasteiger partial charge in [0.1, 0.15) is 0 Å². The van der Waals surface area contributed by atoms with Gasteiger partial charge < -0.3 is 10.7 Å². The third-order valence-corrected chi connectivity index (χ3v) is 0. The van der Waals surface area contributed by atoms with Gasteiger partial charge in [-0.25, -0.2) is 5.48 Å². The molecule has 0 radical (unpaired) electrons. The van der Waals surface area contributed by atoms with Crippen molar-refractivity contribution in [3.8, 4) is 0 Å². The molecule has 0 fully saturated rings. The molecule has 0 amide bonds. The molecule has 0 aliphatic heterocycles. The quantitative estimate of drug-likeness (QED) is 0.368. The van der Waals surface area contributed by atoms with Crippen molar-refractivity contribution in [2.75, 3.05) is 7.05 Å².